The van der Waals surface area contributed by atoms with Crippen molar-refractivity contribution in [3.63, 3.8) is 0 Å². The molecule has 0 heterocycles. The number of nitrogens with two attached hydrogens (primary N) is 1. The van der Waals surface area contributed by atoms with E-state index >= 15 is 0 Å². The van der Waals surface area contributed by atoms with E-state index in [4.69, 9.17) is 5.73 Å². The van der Waals surface area contributed by atoms with Gasteiger partial charge in [-0.15, -0.1) is 0 Å². The summed E-state index contributed by atoms with van der Waals surface area (Å²) in [7, 11) is 0. The Kier molecular flexibility index (Phi) is 5.84. The minimum absolute atomic E-state index is 0.0483. The van der Waals surface area contributed by atoms with Gasteiger partial charge in [0.25, 0.3) is 0 Å². The first-order valence-electron chi connectivity index (χ1n) is 7.79. The molecular weight excluding hydrogens is 236 g/mol. The van der Waals surface area contributed by atoms with Crippen molar-refractivity contribution in [1.82, 2.24) is 5.32 Å². The minimum Gasteiger partial charge on any atom is -0.353 e. The summed E-state index contributed by atoms with van der Waals surface area (Å²) in [4.78, 5) is 12.4. The van der Waals surface area contributed by atoms with E-state index in [2.05, 4.69) is 39.9 Å². The Morgan fingerprint density at radius 2 is 2.00 bits per heavy atom. The van der Waals surface area contributed by atoms with Gasteiger partial charge in [-0.1, -0.05) is 41.0 Å². The summed E-state index contributed by atoms with van der Waals surface area (Å²) < 4.78 is 0. The van der Waals surface area contributed by atoms with Crippen LogP contribution in [0.3, 0.4) is 0 Å². The van der Waals surface area contributed by atoms with E-state index in [1.165, 1.54) is 12.8 Å². The first-order valence-corrected chi connectivity index (χ1v) is 7.79. The molecule has 0 spiro atoms. The van der Waals surface area contributed by atoms with E-state index in [0.717, 1.165) is 18.8 Å². The predicted octanol–water partition coefficient (Wildman–Crippen LogP) is 2.94. The molecule has 4 unspecified atom stereocenters. The molecule has 1 rings (SSSR count). The van der Waals surface area contributed by atoms with Gasteiger partial charge in [-0.05, 0) is 36.5 Å². The number of hydrogen-bond donors (Lipinski definition) is 2. The van der Waals surface area contributed by atoms with Crippen LogP contribution in [0.4, 0.5) is 0 Å². The van der Waals surface area contributed by atoms with Crippen molar-refractivity contribution in [3.8, 4) is 0 Å². The van der Waals surface area contributed by atoms with Crippen LogP contribution in [-0.4, -0.2) is 18.5 Å². The van der Waals surface area contributed by atoms with Gasteiger partial charge in [0, 0.05) is 12.6 Å². The molecule has 3 nitrogen and oxygen atoms in total. The lowest BCUT2D eigenvalue weighted by Crippen LogP contribution is -2.44. The molecule has 1 amide bonds. The smallest absolute Gasteiger partial charge is 0.224 e. The highest BCUT2D eigenvalue weighted by molar-refractivity contribution is 5.79. The molecule has 1 aliphatic rings. The quantitative estimate of drug-likeness (QED) is 0.805. The summed E-state index contributed by atoms with van der Waals surface area (Å²) in [6.07, 6.45) is 4.44. The van der Waals surface area contributed by atoms with E-state index in [1.54, 1.807) is 0 Å². The largest absolute Gasteiger partial charge is 0.353 e. The van der Waals surface area contributed by atoms with Crippen molar-refractivity contribution < 1.29 is 4.79 Å². The second kappa shape index (κ2) is 6.74. The fourth-order valence-electron chi connectivity index (χ4n) is 3.35. The first-order chi connectivity index (χ1) is 8.78. The number of carbonyl (C=O) groups is 1. The number of carbonyl (C=O) groups excluding carboxylic acids is 1. The van der Waals surface area contributed by atoms with Gasteiger partial charge in [-0.25, -0.2) is 0 Å². The maximum Gasteiger partial charge on any atom is 0.224 e. The monoisotopic (exact) mass is 268 g/mol. The molecule has 0 saturated heterocycles. The van der Waals surface area contributed by atoms with Crippen LogP contribution in [0.5, 0.6) is 0 Å². The molecule has 3 N–H and O–H groups in total. The Morgan fingerprint density at radius 1 is 1.37 bits per heavy atom. The molecule has 0 radical (unpaired) electrons. The predicted molar refractivity (Wildman–Crippen MR) is 80.7 cm³/mol. The highest BCUT2D eigenvalue weighted by Crippen LogP contribution is 2.34. The van der Waals surface area contributed by atoms with E-state index in [0.29, 0.717) is 18.5 Å². The van der Waals surface area contributed by atoms with Crippen LogP contribution >= 0.6 is 0 Å². The Morgan fingerprint density at radius 3 is 2.42 bits per heavy atom. The Balaban J connectivity index is 2.54. The molecular formula is C16H32N2O. The van der Waals surface area contributed by atoms with Crippen LogP contribution in [-0.2, 0) is 4.79 Å². The number of amides is 1. The lowest BCUT2D eigenvalue weighted by Gasteiger charge is -2.27. The lowest BCUT2D eigenvalue weighted by molar-refractivity contribution is -0.126. The van der Waals surface area contributed by atoms with Gasteiger partial charge in [-0.2, -0.15) is 0 Å². The zero-order chi connectivity index (χ0) is 14.6. The zero-order valence-electron chi connectivity index (χ0n) is 13.3. The van der Waals surface area contributed by atoms with Crippen LogP contribution in [0.15, 0.2) is 0 Å². The highest BCUT2D eigenvalue weighted by atomic mass is 16.2. The first kappa shape index (κ1) is 16.5. The van der Waals surface area contributed by atoms with Crippen molar-refractivity contribution in [2.24, 2.45) is 28.9 Å². The molecule has 19 heavy (non-hydrogen) atoms. The molecule has 0 bridgehead atoms. The third-order valence-electron chi connectivity index (χ3n) is 4.59. The third kappa shape index (κ3) is 4.79. The minimum atomic E-state index is -0.0483. The van der Waals surface area contributed by atoms with Gasteiger partial charge in [0.2, 0.25) is 5.91 Å². The van der Waals surface area contributed by atoms with Gasteiger partial charge in [0.15, 0.2) is 0 Å². The van der Waals surface area contributed by atoms with Crippen molar-refractivity contribution in [2.75, 3.05) is 6.54 Å². The lowest BCUT2D eigenvalue weighted by atomic mass is 9.84. The average Bonchev–Trinajstić information content (AvgIpc) is 2.66. The van der Waals surface area contributed by atoms with Gasteiger partial charge in [0.05, 0.1) is 5.92 Å². The normalized spacial score (nSPS) is 29.3. The molecule has 4 atom stereocenters. The summed E-state index contributed by atoms with van der Waals surface area (Å²) in [5.74, 6) is 1.48. The van der Waals surface area contributed by atoms with Crippen molar-refractivity contribution in [2.45, 2.75) is 66.3 Å². The number of nitrogens with one attached hydrogen (secondary N) is 1. The highest BCUT2D eigenvalue weighted by Gasteiger charge is 2.34. The molecule has 1 saturated carbocycles. The fourth-order valence-corrected chi connectivity index (χ4v) is 3.35. The van der Waals surface area contributed by atoms with E-state index in [1.807, 2.05) is 0 Å². The molecule has 1 aliphatic carbocycles. The summed E-state index contributed by atoms with van der Waals surface area (Å²) >= 11 is 0. The van der Waals surface area contributed by atoms with Gasteiger partial charge < -0.3 is 11.1 Å². The van der Waals surface area contributed by atoms with E-state index in [9.17, 15) is 4.79 Å². The molecule has 0 aromatic carbocycles. The maximum atomic E-state index is 12.4. The van der Waals surface area contributed by atoms with Gasteiger partial charge >= 0.3 is 0 Å². The summed E-state index contributed by atoms with van der Waals surface area (Å²) in [5, 5.41) is 3.25. The maximum absolute atomic E-state index is 12.4. The topological polar surface area (TPSA) is 55.1 Å². The van der Waals surface area contributed by atoms with Gasteiger partial charge in [-0.3, -0.25) is 4.79 Å². The molecule has 0 aromatic rings. The van der Waals surface area contributed by atoms with Crippen LogP contribution < -0.4 is 11.1 Å². The third-order valence-corrected chi connectivity index (χ3v) is 4.59. The van der Waals surface area contributed by atoms with Crippen LogP contribution in [0, 0.1) is 23.2 Å². The zero-order valence-corrected chi connectivity index (χ0v) is 13.3. The SMILES string of the molecule is CCC1CCC(NC(=O)C(CN)CC(C)(C)C)C1C. The van der Waals surface area contributed by atoms with E-state index < -0.39 is 0 Å². The standard InChI is InChI=1S/C16H32N2O/c1-6-12-7-8-14(11(12)2)18-15(19)13(10-17)9-16(3,4)5/h11-14H,6-10,17H2,1-5H3,(H,18,19). The van der Waals surface area contributed by atoms with Crippen LogP contribution in [0.1, 0.15) is 60.3 Å². The summed E-state index contributed by atoms with van der Waals surface area (Å²) in [6.45, 7) is 11.4. The molecule has 1 fully saturated rings. The second-order valence-corrected chi connectivity index (χ2v) is 7.42. The van der Waals surface area contributed by atoms with Crippen molar-refractivity contribution in [1.29, 1.82) is 0 Å². The number of rotatable bonds is 5. The van der Waals surface area contributed by atoms with Crippen LogP contribution in [0.25, 0.3) is 0 Å². The number of hydrogen-bond acceptors (Lipinski definition) is 2. The van der Waals surface area contributed by atoms with Gasteiger partial charge in [0.1, 0.15) is 0 Å². The second-order valence-electron chi connectivity index (χ2n) is 7.42. The Bertz CT molecular complexity index is 296. The Hall–Kier alpha value is -0.570. The summed E-state index contributed by atoms with van der Waals surface area (Å²) in [6, 6.07) is 0.353. The van der Waals surface area contributed by atoms with Crippen molar-refractivity contribution >= 4 is 5.91 Å². The Labute approximate surface area is 118 Å². The van der Waals surface area contributed by atoms with Crippen molar-refractivity contribution in [3.05, 3.63) is 0 Å². The van der Waals surface area contributed by atoms with Crippen LogP contribution in [0.2, 0.25) is 0 Å². The summed E-state index contributed by atoms with van der Waals surface area (Å²) in [5.41, 5.74) is 5.93. The average molecular weight is 268 g/mol. The molecule has 0 aliphatic heterocycles. The fraction of sp³-hybridized carbons (Fsp3) is 0.938. The molecule has 0 aromatic heterocycles. The molecule has 112 valence electrons. The molecule has 3 heteroatoms. The van der Waals surface area contributed by atoms with E-state index in [-0.39, 0.29) is 17.2 Å².